The fourth-order valence-corrected chi connectivity index (χ4v) is 5.20. The first-order valence-electron chi connectivity index (χ1n) is 10.6. The Labute approximate surface area is 196 Å². The van der Waals surface area contributed by atoms with Crippen LogP contribution in [0.3, 0.4) is 0 Å². The van der Waals surface area contributed by atoms with Crippen molar-refractivity contribution in [2.24, 2.45) is 0 Å². The Morgan fingerprint density at radius 1 is 0.941 bits per heavy atom. The highest BCUT2D eigenvalue weighted by Gasteiger charge is 2.30. The van der Waals surface area contributed by atoms with Crippen molar-refractivity contribution in [2.45, 2.75) is 4.90 Å². The SMILES string of the molecule is COc1ccc(C(=O)OCC(=O)N2CCN(S(=O)(=O)c3ccc4ccccc4c3)CC2)c(F)c1. The fourth-order valence-electron chi connectivity index (χ4n) is 3.74. The summed E-state index contributed by atoms with van der Waals surface area (Å²) in [6.07, 6.45) is 0. The highest BCUT2D eigenvalue weighted by atomic mass is 32.2. The van der Waals surface area contributed by atoms with Crippen molar-refractivity contribution in [3.63, 3.8) is 0 Å². The second-order valence-corrected chi connectivity index (χ2v) is 9.65. The van der Waals surface area contributed by atoms with Crippen LogP contribution in [-0.2, 0) is 19.6 Å². The third-order valence-corrected chi connectivity index (χ3v) is 7.57. The number of sulfonamides is 1. The Kier molecular flexibility index (Phi) is 6.80. The molecule has 3 aromatic carbocycles. The minimum absolute atomic E-state index is 0.113. The molecule has 1 aliphatic rings. The van der Waals surface area contributed by atoms with Crippen LogP contribution in [0.2, 0.25) is 0 Å². The van der Waals surface area contributed by atoms with Crippen LogP contribution in [0.5, 0.6) is 5.75 Å². The van der Waals surface area contributed by atoms with Crippen molar-refractivity contribution in [3.05, 3.63) is 72.0 Å². The maximum absolute atomic E-state index is 14.0. The zero-order valence-corrected chi connectivity index (χ0v) is 19.3. The molecule has 1 saturated heterocycles. The first kappa shape index (κ1) is 23.7. The number of ether oxygens (including phenoxy) is 2. The summed E-state index contributed by atoms with van der Waals surface area (Å²) in [7, 11) is -2.34. The molecule has 1 amide bonds. The molecule has 1 heterocycles. The Balaban J connectivity index is 1.33. The highest BCUT2D eigenvalue weighted by Crippen LogP contribution is 2.23. The number of fused-ring (bicyclic) bond motifs is 1. The van der Waals surface area contributed by atoms with Crippen molar-refractivity contribution < 1.29 is 31.9 Å². The van der Waals surface area contributed by atoms with E-state index < -0.39 is 34.3 Å². The lowest BCUT2D eigenvalue weighted by atomic mass is 10.1. The molecule has 3 aromatic rings. The van der Waals surface area contributed by atoms with Gasteiger partial charge in [0, 0.05) is 32.2 Å². The lowest BCUT2D eigenvalue weighted by Crippen LogP contribution is -2.51. The minimum atomic E-state index is -3.72. The zero-order chi connectivity index (χ0) is 24.3. The van der Waals surface area contributed by atoms with Gasteiger partial charge in [0.15, 0.2) is 6.61 Å². The molecule has 0 unspecified atom stereocenters. The van der Waals surface area contributed by atoms with Crippen molar-refractivity contribution in [3.8, 4) is 5.75 Å². The predicted octanol–water partition coefficient (Wildman–Crippen LogP) is 2.68. The van der Waals surface area contributed by atoms with Gasteiger partial charge in [0.2, 0.25) is 10.0 Å². The molecule has 0 bridgehead atoms. The van der Waals surface area contributed by atoms with Crippen LogP contribution < -0.4 is 4.74 Å². The van der Waals surface area contributed by atoms with Crippen LogP contribution in [0.15, 0.2) is 65.6 Å². The van der Waals surface area contributed by atoms with Gasteiger partial charge in [0.05, 0.1) is 17.6 Å². The maximum Gasteiger partial charge on any atom is 0.341 e. The van der Waals surface area contributed by atoms with Gasteiger partial charge in [-0.1, -0.05) is 30.3 Å². The molecule has 178 valence electrons. The summed E-state index contributed by atoms with van der Waals surface area (Å²) in [5.74, 6) is -2.01. The lowest BCUT2D eigenvalue weighted by molar-refractivity contribution is -0.135. The Morgan fingerprint density at radius 3 is 2.32 bits per heavy atom. The van der Waals surface area contributed by atoms with E-state index >= 15 is 0 Å². The molecule has 34 heavy (non-hydrogen) atoms. The number of carbonyl (C=O) groups excluding carboxylic acids is 2. The second-order valence-electron chi connectivity index (χ2n) is 7.72. The molecule has 8 nitrogen and oxygen atoms in total. The summed E-state index contributed by atoms with van der Waals surface area (Å²) < 4.78 is 51.3. The molecule has 1 aliphatic heterocycles. The second kappa shape index (κ2) is 9.78. The van der Waals surface area contributed by atoms with Gasteiger partial charge >= 0.3 is 5.97 Å². The number of esters is 1. The first-order valence-corrected chi connectivity index (χ1v) is 12.0. The molecule has 0 atom stereocenters. The van der Waals surface area contributed by atoms with Crippen molar-refractivity contribution in [1.29, 1.82) is 0 Å². The van der Waals surface area contributed by atoms with Gasteiger partial charge in [-0.2, -0.15) is 4.31 Å². The van der Waals surface area contributed by atoms with E-state index in [1.54, 1.807) is 18.2 Å². The predicted molar refractivity (Wildman–Crippen MR) is 123 cm³/mol. The molecule has 0 aliphatic carbocycles. The number of hydrogen-bond acceptors (Lipinski definition) is 6. The van der Waals surface area contributed by atoms with Crippen molar-refractivity contribution in [1.82, 2.24) is 9.21 Å². The molecule has 0 N–H and O–H groups in total. The molecule has 0 saturated carbocycles. The number of benzene rings is 3. The number of carbonyl (C=O) groups is 2. The number of amides is 1. The third-order valence-electron chi connectivity index (χ3n) is 5.67. The molecule has 10 heteroatoms. The van der Waals surface area contributed by atoms with Crippen molar-refractivity contribution in [2.75, 3.05) is 39.9 Å². The topological polar surface area (TPSA) is 93.2 Å². The summed E-state index contributed by atoms with van der Waals surface area (Å²) in [5.41, 5.74) is -0.306. The largest absolute Gasteiger partial charge is 0.497 e. The van der Waals surface area contributed by atoms with Crippen LogP contribution in [-0.4, -0.2) is 69.4 Å². The average molecular weight is 487 g/mol. The summed E-state index contributed by atoms with van der Waals surface area (Å²) in [6.45, 7) is -0.0359. The average Bonchev–Trinajstić information content (AvgIpc) is 2.86. The van der Waals surface area contributed by atoms with Gasteiger partial charge in [-0.3, -0.25) is 4.79 Å². The smallest absolute Gasteiger partial charge is 0.341 e. The number of piperazine rings is 1. The van der Waals surface area contributed by atoms with E-state index in [0.717, 1.165) is 16.8 Å². The normalized spacial score (nSPS) is 14.7. The molecular weight excluding hydrogens is 463 g/mol. The van der Waals surface area contributed by atoms with E-state index in [4.69, 9.17) is 9.47 Å². The van der Waals surface area contributed by atoms with Crippen LogP contribution in [0.4, 0.5) is 4.39 Å². The van der Waals surface area contributed by atoms with Gasteiger partial charge in [0.1, 0.15) is 11.6 Å². The molecule has 0 spiro atoms. The lowest BCUT2D eigenvalue weighted by Gasteiger charge is -2.33. The molecule has 0 radical (unpaired) electrons. The van der Waals surface area contributed by atoms with E-state index in [2.05, 4.69) is 0 Å². The van der Waals surface area contributed by atoms with E-state index in [1.807, 2.05) is 24.3 Å². The standard InChI is InChI=1S/C24H23FN2O6S/c1-32-19-7-9-21(22(25)15-19)24(29)33-16-23(28)26-10-12-27(13-11-26)34(30,31)20-8-6-17-4-2-3-5-18(17)14-20/h2-9,14-15H,10-13,16H2,1H3. The molecule has 4 rings (SSSR count). The molecule has 1 fully saturated rings. The van der Waals surface area contributed by atoms with Crippen LogP contribution in [0.25, 0.3) is 10.8 Å². The Morgan fingerprint density at radius 2 is 1.65 bits per heavy atom. The number of nitrogens with zero attached hydrogens (tertiary/aromatic N) is 2. The van der Waals surface area contributed by atoms with Crippen LogP contribution in [0, 0.1) is 5.82 Å². The van der Waals surface area contributed by atoms with Gasteiger partial charge in [-0.15, -0.1) is 0 Å². The van der Waals surface area contributed by atoms with Gasteiger partial charge in [0.25, 0.3) is 5.91 Å². The fraction of sp³-hybridized carbons (Fsp3) is 0.250. The molecular formula is C24H23FN2O6S. The minimum Gasteiger partial charge on any atom is -0.497 e. The number of methoxy groups -OCH3 is 1. The van der Waals surface area contributed by atoms with E-state index in [9.17, 15) is 22.4 Å². The zero-order valence-electron chi connectivity index (χ0n) is 18.4. The van der Waals surface area contributed by atoms with Crippen molar-refractivity contribution >= 4 is 32.7 Å². The van der Waals surface area contributed by atoms with Crippen LogP contribution in [0.1, 0.15) is 10.4 Å². The monoisotopic (exact) mass is 486 g/mol. The summed E-state index contributed by atoms with van der Waals surface area (Å²) >= 11 is 0. The summed E-state index contributed by atoms with van der Waals surface area (Å²) in [5, 5.41) is 1.77. The Hall–Kier alpha value is -3.50. The van der Waals surface area contributed by atoms with E-state index in [0.29, 0.717) is 0 Å². The maximum atomic E-state index is 14.0. The molecule has 0 aromatic heterocycles. The number of hydrogen-bond donors (Lipinski definition) is 0. The van der Waals surface area contributed by atoms with Gasteiger partial charge in [-0.25, -0.2) is 17.6 Å². The Bertz CT molecular complexity index is 1340. The van der Waals surface area contributed by atoms with Crippen LogP contribution >= 0.6 is 0 Å². The highest BCUT2D eigenvalue weighted by molar-refractivity contribution is 7.89. The first-order chi connectivity index (χ1) is 16.3. The number of halogens is 1. The summed E-state index contributed by atoms with van der Waals surface area (Å²) in [4.78, 5) is 26.2. The van der Waals surface area contributed by atoms with E-state index in [-0.39, 0.29) is 42.4 Å². The number of rotatable bonds is 6. The van der Waals surface area contributed by atoms with Gasteiger partial charge < -0.3 is 14.4 Å². The quantitative estimate of drug-likeness (QED) is 0.498. The summed E-state index contributed by atoms with van der Waals surface area (Å²) in [6, 6.07) is 16.2. The van der Waals surface area contributed by atoms with E-state index in [1.165, 1.54) is 28.4 Å². The van der Waals surface area contributed by atoms with Gasteiger partial charge in [-0.05, 0) is 35.0 Å². The third kappa shape index (κ3) is 4.87.